The second kappa shape index (κ2) is 7.97. The maximum Gasteiger partial charge on any atom is 0.251 e. The van der Waals surface area contributed by atoms with E-state index in [1.807, 2.05) is 6.07 Å². The standard InChI is InChI=1S/C18H22N2O2.ClH/c1-18(2,3)15-5-6-16(22-4)14(11-15)12-20-17(21)13-7-9-19-10-8-13;/h5-11H,12H2,1-4H3,(H,20,21);1H. The minimum atomic E-state index is -0.120. The van der Waals surface area contributed by atoms with Crippen molar-refractivity contribution in [1.82, 2.24) is 10.3 Å². The van der Waals surface area contributed by atoms with Gasteiger partial charge in [0.15, 0.2) is 0 Å². The molecule has 0 radical (unpaired) electrons. The van der Waals surface area contributed by atoms with E-state index >= 15 is 0 Å². The van der Waals surface area contributed by atoms with E-state index in [9.17, 15) is 4.79 Å². The molecule has 2 aromatic rings. The molecule has 0 aliphatic carbocycles. The second-order valence-electron chi connectivity index (χ2n) is 6.20. The number of aromatic nitrogens is 1. The van der Waals surface area contributed by atoms with Crippen molar-refractivity contribution in [2.24, 2.45) is 0 Å². The van der Waals surface area contributed by atoms with E-state index in [4.69, 9.17) is 4.74 Å². The number of pyridine rings is 1. The summed E-state index contributed by atoms with van der Waals surface area (Å²) in [7, 11) is 1.64. The number of carbonyl (C=O) groups is 1. The average Bonchev–Trinajstić information content (AvgIpc) is 2.52. The number of rotatable bonds is 4. The third-order valence-corrected chi connectivity index (χ3v) is 3.53. The van der Waals surface area contributed by atoms with Gasteiger partial charge < -0.3 is 10.1 Å². The van der Waals surface area contributed by atoms with Crippen LogP contribution in [0.4, 0.5) is 0 Å². The van der Waals surface area contributed by atoms with Gasteiger partial charge in [-0.15, -0.1) is 12.4 Å². The zero-order valence-corrected chi connectivity index (χ0v) is 14.7. The summed E-state index contributed by atoms with van der Waals surface area (Å²) in [6.07, 6.45) is 3.21. The van der Waals surface area contributed by atoms with Gasteiger partial charge in [-0.1, -0.05) is 26.8 Å². The van der Waals surface area contributed by atoms with Gasteiger partial charge in [0, 0.05) is 30.1 Å². The Morgan fingerprint density at radius 2 is 1.83 bits per heavy atom. The van der Waals surface area contributed by atoms with Gasteiger partial charge in [0.05, 0.1) is 7.11 Å². The first-order chi connectivity index (χ1) is 10.4. The number of methoxy groups -OCH3 is 1. The van der Waals surface area contributed by atoms with Gasteiger partial charge in [-0.25, -0.2) is 0 Å². The molecule has 0 aliphatic heterocycles. The molecule has 4 nitrogen and oxygen atoms in total. The molecule has 0 aliphatic rings. The predicted octanol–water partition coefficient (Wildman–Crippen LogP) is 3.74. The molecule has 1 N–H and O–H groups in total. The van der Waals surface area contributed by atoms with Crippen molar-refractivity contribution in [3.05, 3.63) is 59.4 Å². The van der Waals surface area contributed by atoms with Crippen molar-refractivity contribution in [1.29, 1.82) is 0 Å². The highest BCUT2D eigenvalue weighted by atomic mass is 35.5. The summed E-state index contributed by atoms with van der Waals surface area (Å²) in [5, 5.41) is 2.92. The molecule has 0 fully saturated rings. The molecule has 2 rings (SSSR count). The zero-order valence-electron chi connectivity index (χ0n) is 13.9. The van der Waals surface area contributed by atoms with Gasteiger partial charge in [0.1, 0.15) is 5.75 Å². The highest BCUT2D eigenvalue weighted by Gasteiger charge is 2.16. The molecule has 0 saturated carbocycles. The molecule has 1 heterocycles. The van der Waals surface area contributed by atoms with Crippen LogP contribution in [0.5, 0.6) is 5.75 Å². The maximum atomic E-state index is 12.1. The average molecular weight is 335 g/mol. The Bertz CT molecular complexity index is 652. The fourth-order valence-electron chi connectivity index (χ4n) is 2.16. The minimum Gasteiger partial charge on any atom is -0.496 e. The third-order valence-electron chi connectivity index (χ3n) is 3.53. The normalized spacial score (nSPS) is 10.6. The molecule has 1 amide bonds. The van der Waals surface area contributed by atoms with Crippen LogP contribution in [0, 0.1) is 0 Å². The highest BCUT2D eigenvalue weighted by Crippen LogP contribution is 2.27. The van der Waals surface area contributed by atoms with E-state index in [0.717, 1.165) is 11.3 Å². The van der Waals surface area contributed by atoms with Crippen molar-refractivity contribution in [2.75, 3.05) is 7.11 Å². The van der Waals surface area contributed by atoms with E-state index < -0.39 is 0 Å². The summed E-state index contributed by atoms with van der Waals surface area (Å²) in [6.45, 7) is 6.91. The molecule has 1 aromatic carbocycles. The van der Waals surface area contributed by atoms with Gasteiger partial charge in [0.2, 0.25) is 0 Å². The van der Waals surface area contributed by atoms with Gasteiger partial charge in [-0.2, -0.15) is 0 Å². The van der Waals surface area contributed by atoms with E-state index in [0.29, 0.717) is 12.1 Å². The first kappa shape index (κ1) is 19.0. The van der Waals surface area contributed by atoms with Crippen LogP contribution in [0.1, 0.15) is 42.3 Å². The quantitative estimate of drug-likeness (QED) is 0.926. The molecule has 23 heavy (non-hydrogen) atoms. The van der Waals surface area contributed by atoms with Crippen LogP contribution in [-0.4, -0.2) is 18.0 Å². The van der Waals surface area contributed by atoms with Crippen LogP contribution in [0.25, 0.3) is 0 Å². The summed E-state index contributed by atoms with van der Waals surface area (Å²) in [5.74, 6) is 0.661. The lowest BCUT2D eigenvalue weighted by molar-refractivity contribution is 0.0950. The molecule has 0 bridgehead atoms. The number of carbonyl (C=O) groups excluding carboxylic acids is 1. The fraction of sp³-hybridized carbons (Fsp3) is 0.333. The third kappa shape index (κ3) is 4.96. The van der Waals surface area contributed by atoms with Crippen molar-refractivity contribution in [3.8, 4) is 5.75 Å². The number of ether oxygens (including phenoxy) is 1. The molecule has 5 heteroatoms. The molecule has 1 aromatic heterocycles. The number of nitrogens with one attached hydrogen (secondary N) is 1. The molecule has 0 unspecified atom stereocenters. The zero-order chi connectivity index (χ0) is 16.2. The molecule has 0 spiro atoms. The lowest BCUT2D eigenvalue weighted by atomic mass is 9.86. The van der Waals surface area contributed by atoms with E-state index in [1.54, 1.807) is 31.6 Å². The first-order valence-electron chi connectivity index (χ1n) is 7.27. The smallest absolute Gasteiger partial charge is 0.251 e. The van der Waals surface area contributed by atoms with Crippen molar-refractivity contribution in [3.63, 3.8) is 0 Å². The van der Waals surface area contributed by atoms with Crippen LogP contribution in [-0.2, 0) is 12.0 Å². The Labute approximate surface area is 143 Å². The van der Waals surface area contributed by atoms with Crippen LogP contribution < -0.4 is 10.1 Å². The van der Waals surface area contributed by atoms with Crippen LogP contribution in [0.3, 0.4) is 0 Å². The minimum absolute atomic E-state index is 0. The Hall–Kier alpha value is -2.07. The number of hydrogen-bond acceptors (Lipinski definition) is 3. The first-order valence-corrected chi connectivity index (χ1v) is 7.27. The van der Waals surface area contributed by atoms with Gasteiger partial charge in [0.25, 0.3) is 5.91 Å². The molecule has 0 saturated heterocycles. The van der Waals surface area contributed by atoms with Gasteiger partial charge in [-0.05, 0) is 35.2 Å². The largest absolute Gasteiger partial charge is 0.496 e. The SMILES string of the molecule is COc1ccc(C(C)(C)C)cc1CNC(=O)c1ccncc1.Cl. The molecular formula is C18H23ClN2O2. The van der Waals surface area contributed by atoms with E-state index in [-0.39, 0.29) is 23.7 Å². The number of nitrogens with zero attached hydrogens (tertiary/aromatic N) is 1. The van der Waals surface area contributed by atoms with E-state index in [2.05, 4.69) is 43.2 Å². The summed E-state index contributed by atoms with van der Waals surface area (Å²) in [6, 6.07) is 9.49. The van der Waals surface area contributed by atoms with Crippen molar-refractivity contribution in [2.45, 2.75) is 32.7 Å². The lowest BCUT2D eigenvalue weighted by Crippen LogP contribution is -2.23. The summed E-state index contributed by atoms with van der Waals surface area (Å²) >= 11 is 0. The Kier molecular flexibility index (Phi) is 6.58. The second-order valence-corrected chi connectivity index (χ2v) is 6.20. The van der Waals surface area contributed by atoms with Gasteiger partial charge >= 0.3 is 0 Å². The molecule has 0 atom stereocenters. The predicted molar refractivity (Wildman–Crippen MR) is 94.3 cm³/mol. The van der Waals surface area contributed by atoms with Gasteiger partial charge in [-0.3, -0.25) is 9.78 Å². The van der Waals surface area contributed by atoms with Crippen LogP contribution in [0.2, 0.25) is 0 Å². The van der Waals surface area contributed by atoms with Crippen molar-refractivity contribution >= 4 is 18.3 Å². The fourth-order valence-corrected chi connectivity index (χ4v) is 2.16. The number of halogens is 1. The number of benzene rings is 1. The summed E-state index contributed by atoms with van der Waals surface area (Å²) in [4.78, 5) is 16.0. The molecule has 124 valence electrons. The number of hydrogen-bond donors (Lipinski definition) is 1. The Morgan fingerprint density at radius 1 is 1.17 bits per heavy atom. The number of amides is 1. The monoisotopic (exact) mass is 334 g/mol. The van der Waals surface area contributed by atoms with Crippen LogP contribution >= 0.6 is 12.4 Å². The maximum absolute atomic E-state index is 12.1. The Morgan fingerprint density at radius 3 is 2.39 bits per heavy atom. The van der Waals surface area contributed by atoms with E-state index in [1.165, 1.54) is 5.56 Å². The lowest BCUT2D eigenvalue weighted by Gasteiger charge is -2.21. The van der Waals surface area contributed by atoms with Crippen LogP contribution in [0.15, 0.2) is 42.7 Å². The Balaban J connectivity index is 0.00000264. The molecular weight excluding hydrogens is 312 g/mol. The highest BCUT2D eigenvalue weighted by molar-refractivity contribution is 5.93. The topological polar surface area (TPSA) is 51.2 Å². The summed E-state index contributed by atoms with van der Waals surface area (Å²) < 4.78 is 5.39. The van der Waals surface area contributed by atoms with Crippen molar-refractivity contribution < 1.29 is 9.53 Å². The summed E-state index contributed by atoms with van der Waals surface area (Å²) in [5.41, 5.74) is 2.83.